The number of imide groups is 1. The molecule has 2 atom stereocenters. The lowest BCUT2D eigenvalue weighted by Gasteiger charge is -2.17. The fourth-order valence-electron chi connectivity index (χ4n) is 2.08. The molecule has 3 amide bonds. The highest BCUT2D eigenvalue weighted by atomic mass is 32.2. The van der Waals surface area contributed by atoms with E-state index < -0.39 is 17.2 Å². The molecule has 0 bridgehead atoms. The van der Waals surface area contributed by atoms with Gasteiger partial charge in [-0.1, -0.05) is 20.8 Å². The molecule has 0 aliphatic carbocycles. The van der Waals surface area contributed by atoms with Crippen molar-refractivity contribution in [2.24, 2.45) is 11.7 Å². The van der Waals surface area contributed by atoms with Crippen LogP contribution in [0.5, 0.6) is 0 Å². The van der Waals surface area contributed by atoms with Crippen LogP contribution in [-0.2, 0) is 19.2 Å². The minimum Gasteiger partial charge on any atom is -0.348 e. The Morgan fingerprint density at radius 3 is 2.61 bits per heavy atom. The summed E-state index contributed by atoms with van der Waals surface area (Å²) in [6.45, 7) is 5.99. The van der Waals surface area contributed by atoms with Crippen molar-refractivity contribution in [2.45, 2.75) is 44.9 Å². The molecule has 0 aromatic heterocycles. The van der Waals surface area contributed by atoms with Crippen LogP contribution in [0.15, 0.2) is 0 Å². The summed E-state index contributed by atoms with van der Waals surface area (Å²) >= 11 is 1.22. The highest BCUT2D eigenvalue weighted by Gasteiger charge is 2.39. The minimum absolute atomic E-state index is 0.0310. The number of hydrogen-bond donors (Lipinski definition) is 2. The number of likely N-dealkylation sites (tertiary alicyclic amines) is 1. The summed E-state index contributed by atoms with van der Waals surface area (Å²) in [6.07, 6.45) is 0.507. The van der Waals surface area contributed by atoms with E-state index in [0.29, 0.717) is 13.0 Å². The number of nitrogens with zero attached hydrogens (tertiary/aromatic N) is 1. The van der Waals surface area contributed by atoms with Crippen molar-refractivity contribution in [3.05, 3.63) is 0 Å². The van der Waals surface area contributed by atoms with Gasteiger partial charge in [0.05, 0.1) is 17.8 Å². The van der Waals surface area contributed by atoms with Gasteiger partial charge >= 0.3 is 0 Å². The zero-order valence-electron chi connectivity index (χ0n) is 13.8. The third-order valence-electron chi connectivity index (χ3n) is 3.42. The van der Waals surface area contributed by atoms with E-state index in [0.717, 1.165) is 0 Å². The molecule has 0 aromatic carbocycles. The first kappa shape index (κ1) is 19.6. The smallest absolute Gasteiger partial charge is 0.242 e. The molecule has 1 saturated heterocycles. The lowest BCUT2D eigenvalue weighted by atomic mass is 10.2. The van der Waals surface area contributed by atoms with Crippen LogP contribution in [0, 0.1) is 5.92 Å². The average molecular weight is 343 g/mol. The molecule has 0 radical (unpaired) electrons. The van der Waals surface area contributed by atoms with E-state index >= 15 is 0 Å². The Kier molecular flexibility index (Phi) is 7.70. The maximum Gasteiger partial charge on any atom is 0.242 e. The van der Waals surface area contributed by atoms with Gasteiger partial charge in [-0.2, -0.15) is 0 Å². The van der Waals surface area contributed by atoms with Gasteiger partial charge in [0.25, 0.3) is 0 Å². The Morgan fingerprint density at radius 2 is 2.04 bits per heavy atom. The summed E-state index contributed by atoms with van der Waals surface area (Å²) in [5.41, 5.74) is 5.76. The second kappa shape index (κ2) is 9.02. The second-order valence-electron chi connectivity index (χ2n) is 5.98. The first-order chi connectivity index (χ1) is 10.8. The normalized spacial score (nSPS) is 19.3. The second-order valence-corrected chi connectivity index (χ2v) is 7.21. The zero-order chi connectivity index (χ0) is 17.6. The molecule has 1 heterocycles. The predicted molar refractivity (Wildman–Crippen MR) is 88.7 cm³/mol. The molecule has 1 aliphatic rings. The summed E-state index contributed by atoms with van der Waals surface area (Å²) in [4.78, 5) is 48.3. The van der Waals surface area contributed by atoms with E-state index in [2.05, 4.69) is 5.32 Å². The molecule has 1 rings (SSSR count). The third kappa shape index (κ3) is 5.95. The molecule has 1 fully saturated rings. The molecule has 8 heteroatoms. The van der Waals surface area contributed by atoms with Gasteiger partial charge in [0, 0.05) is 25.1 Å². The lowest BCUT2D eigenvalue weighted by molar-refractivity contribution is -0.138. The predicted octanol–water partition coefficient (Wildman–Crippen LogP) is -0.0743. The first-order valence-electron chi connectivity index (χ1n) is 7.77. The molecule has 23 heavy (non-hydrogen) atoms. The van der Waals surface area contributed by atoms with Crippen LogP contribution in [0.25, 0.3) is 0 Å². The average Bonchev–Trinajstić information content (AvgIpc) is 2.76. The Morgan fingerprint density at radius 1 is 1.39 bits per heavy atom. The number of amides is 3. The van der Waals surface area contributed by atoms with Crippen LogP contribution in [0.2, 0.25) is 0 Å². The molecular weight excluding hydrogens is 318 g/mol. The Labute approximate surface area is 140 Å². The summed E-state index contributed by atoms with van der Waals surface area (Å²) < 4.78 is 0. The number of ketones is 1. The van der Waals surface area contributed by atoms with Crippen molar-refractivity contribution in [2.75, 3.05) is 18.8 Å². The molecule has 2 unspecified atom stereocenters. The number of Topliss-reactive ketones (excluding diaryl/α,β-unsaturated/α-hetero) is 1. The molecular formula is C15H25N3O4S. The van der Waals surface area contributed by atoms with E-state index in [4.69, 9.17) is 5.73 Å². The van der Waals surface area contributed by atoms with Crippen molar-refractivity contribution >= 4 is 35.3 Å². The molecule has 1 aliphatic heterocycles. The fraction of sp³-hybridized carbons (Fsp3) is 0.733. The Hall–Kier alpha value is -1.41. The fourth-order valence-corrected chi connectivity index (χ4v) is 3.20. The van der Waals surface area contributed by atoms with Crippen molar-refractivity contribution in [1.29, 1.82) is 0 Å². The molecule has 0 aromatic rings. The highest BCUT2D eigenvalue weighted by Crippen LogP contribution is 2.26. The van der Waals surface area contributed by atoms with Crippen molar-refractivity contribution in [1.82, 2.24) is 10.2 Å². The maximum absolute atomic E-state index is 12.2. The minimum atomic E-state index is -0.813. The quantitative estimate of drug-likeness (QED) is 0.567. The summed E-state index contributed by atoms with van der Waals surface area (Å²) in [6, 6.07) is -0.813. The summed E-state index contributed by atoms with van der Waals surface area (Å²) in [5, 5.41) is 2.00. The van der Waals surface area contributed by atoms with Gasteiger partial charge < -0.3 is 11.1 Å². The van der Waals surface area contributed by atoms with Crippen LogP contribution in [0.1, 0.15) is 33.6 Å². The van der Waals surface area contributed by atoms with Crippen LogP contribution >= 0.6 is 11.8 Å². The number of thioether (sulfide) groups is 1. The van der Waals surface area contributed by atoms with E-state index in [-0.39, 0.29) is 42.2 Å². The van der Waals surface area contributed by atoms with Crippen LogP contribution in [0.4, 0.5) is 0 Å². The van der Waals surface area contributed by atoms with Gasteiger partial charge in [-0.05, 0) is 5.92 Å². The molecule has 0 spiro atoms. The third-order valence-corrected chi connectivity index (χ3v) is 4.74. The standard InChI is InChI=1S/C15H25N3O4S/c1-4-10(19)6-17-14(21)11(16)8-23-12-5-13(20)18(15(12)22)7-9(2)3/h9,11-12H,4-8,16H2,1-3H3,(H,17,21). The van der Waals surface area contributed by atoms with Crippen molar-refractivity contribution in [3.8, 4) is 0 Å². The maximum atomic E-state index is 12.2. The molecule has 130 valence electrons. The van der Waals surface area contributed by atoms with E-state index in [1.807, 2.05) is 13.8 Å². The zero-order valence-corrected chi connectivity index (χ0v) is 14.6. The summed E-state index contributed by atoms with van der Waals surface area (Å²) in [5.74, 6) is -0.425. The lowest BCUT2D eigenvalue weighted by Crippen LogP contribution is -2.44. The Balaban J connectivity index is 2.42. The van der Waals surface area contributed by atoms with E-state index in [1.165, 1.54) is 16.7 Å². The highest BCUT2D eigenvalue weighted by molar-refractivity contribution is 8.00. The number of carbonyl (C=O) groups excluding carboxylic acids is 4. The monoisotopic (exact) mass is 343 g/mol. The number of nitrogens with two attached hydrogens (primary N) is 1. The molecule has 3 N–H and O–H groups in total. The molecule has 0 saturated carbocycles. The summed E-state index contributed by atoms with van der Waals surface area (Å²) in [7, 11) is 0. The van der Waals surface area contributed by atoms with Crippen LogP contribution in [-0.4, -0.2) is 58.5 Å². The van der Waals surface area contributed by atoms with Gasteiger partial charge in [-0.3, -0.25) is 24.1 Å². The van der Waals surface area contributed by atoms with Gasteiger partial charge in [-0.25, -0.2) is 0 Å². The first-order valence-corrected chi connectivity index (χ1v) is 8.81. The van der Waals surface area contributed by atoms with E-state index in [1.54, 1.807) is 6.92 Å². The van der Waals surface area contributed by atoms with Crippen LogP contribution < -0.4 is 11.1 Å². The van der Waals surface area contributed by atoms with Gasteiger partial charge in [0.2, 0.25) is 17.7 Å². The van der Waals surface area contributed by atoms with Gasteiger partial charge in [-0.15, -0.1) is 11.8 Å². The number of rotatable bonds is 9. The van der Waals surface area contributed by atoms with Crippen molar-refractivity contribution < 1.29 is 19.2 Å². The largest absolute Gasteiger partial charge is 0.348 e. The van der Waals surface area contributed by atoms with Gasteiger partial charge in [0.15, 0.2) is 5.78 Å². The SMILES string of the molecule is CCC(=O)CNC(=O)C(N)CSC1CC(=O)N(CC(C)C)C1=O. The number of nitrogens with one attached hydrogen (secondary N) is 1. The molecule has 7 nitrogen and oxygen atoms in total. The number of hydrogen-bond acceptors (Lipinski definition) is 6. The van der Waals surface area contributed by atoms with Crippen LogP contribution in [0.3, 0.4) is 0 Å². The van der Waals surface area contributed by atoms with E-state index in [9.17, 15) is 19.2 Å². The van der Waals surface area contributed by atoms with Gasteiger partial charge in [0.1, 0.15) is 0 Å². The Bertz CT molecular complexity index is 481. The number of carbonyl (C=O) groups is 4. The topological polar surface area (TPSA) is 110 Å². The van der Waals surface area contributed by atoms with Crippen molar-refractivity contribution in [3.63, 3.8) is 0 Å².